The van der Waals surface area contributed by atoms with Crippen LogP contribution in [0.3, 0.4) is 0 Å². The van der Waals surface area contributed by atoms with Crippen molar-refractivity contribution in [2.75, 3.05) is 6.54 Å². The zero-order valence-corrected chi connectivity index (χ0v) is 14.9. The number of pyridine rings is 2. The second-order valence-corrected chi connectivity index (χ2v) is 6.49. The molecule has 138 valence electrons. The van der Waals surface area contributed by atoms with Gasteiger partial charge in [0, 0.05) is 31.6 Å². The second-order valence-electron chi connectivity index (χ2n) is 6.49. The normalized spacial score (nSPS) is 13.4. The Kier molecular flexibility index (Phi) is 3.93. The van der Waals surface area contributed by atoms with Crippen LogP contribution >= 0.6 is 0 Å². The lowest BCUT2D eigenvalue weighted by atomic mass is 10.1. The molecule has 0 unspecified atom stereocenters. The monoisotopic (exact) mass is 372 g/mol. The molecule has 8 nitrogen and oxygen atoms in total. The molecule has 0 aromatic carbocycles. The average molecular weight is 372 g/mol. The van der Waals surface area contributed by atoms with Gasteiger partial charge in [0.05, 0.1) is 17.8 Å². The Hall–Kier alpha value is -3.81. The first kappa shape index (κ1) is 16.4. The first-order valence-electron chi connectivity index (χ1n) is 8.93. The Morgan fingerprint density at radius 1 is 1.14 bits per heavy atom. The second kappa shape index (κ2) is 6.73. The smallest absolute Gasteiger partial charge is 0.272 e. The van der Waals surface area contributed by atoms with Crippen molar-refractivity contribution in [1.82, 2.24) is 30.0 Å². The third kappa shape index (κ3) is 2.94. The van der Waals surface area contributed by atoms with Gasteiger partial charge in [-0.15, -0.1) is 0 Å². The summed E-state index contributed by atoms with van der Waals surface area (Å²) in [4.78, 5) is 27.6. The molecule has 0 atom stereocenters. The highest BCUT2D eigenvalue weighted by molar-refractivity contribution is 5.93. The molecule has 0 spiro atoms. The maximum Gasteiger partial charge on any atom is 0.272 e. The molecule has 5 rings (SSSR count). The van der Waals surface area contributed by atoms with Gasteiger partial charge in [-0.25, -0.2) is 4.98 Å². The third-order valence-electron chi connectivity index (χ3n) is 4.66. The number of carbonyl (C=O) groups is 1. The highest BCUT2D eigenvalue weighted by Crippen LogP contribution is 2.26. The Labute approximate surface area is 160 Å². The zero-order valence-electron chi connectivity index (χ0n) is 14.9. The Balaban J connectivity index is 1.36. The number of H-pyrrole nitrogens is 1. The summed E-state index contributed by atoms with van der Waals surface area (Å²) in [5.41, 5.74) is 3.39. The summed E-state index contributed by atoms with van der Waals surface area (Å²) in [6.45, 7) is 0.960. The number of aromatic nitrogens is 5. The van der Waals surface area contributed by atoms with Crippen LogP contribution in [0.15, 0.2) is 59.4 Å². The third-order valence-corrected chi connectivity index (χ3v) is 4.66. The van der Waals surface area contributed by atoms with Crippen LogP contribution in [0.1, 0.15) is 21.9 Å². The van der Waals surface area contributed by atoms with Crippen LogP contribution in [0.5, 0.6) is 0 Å². The molecule has 8 heteroatoms. The summed E-state index contributed by atoms with van der Waals surface area (Å²) in [7, 11) is 0. The predicted octanol–water partition coefficient (Wildman–Crippen LogP) is 2.72. The van der Waals surface area contributed by atoms with Gasteiger partial charge < -0.3 is 9.32 Å². The van der Waals surface area contributed by atoms with E-state index in [9.17, 15) is 4.79 Å². The summed E-state index contributed by atoms with van der Waals surface area (Å²) < 4.78 is 5.87. The van der Waals surface area contributed by atoms with Crippen molar-refractivity contribution in [2.24, 2.45) is 0 Å². The van der Waals surface area contributed by atoms with E-state index < -0.39 is 0 Å². The van der Waals surface area contributed by atoms with Gasteiger partial charge in [0.15, 0.2) is 0 Å². The molecule has 0 radical (unpaired) electrons. The van der Waals surface area contributed by atoms with Crippen molar-refractivity contribution in [3.05, 3.63) is 72.1 Å². The van der Waals surface area contributed by atoms with E-state index in [4.69, 9.17) is 4.42 Å². The van der Waals surface area contributed by atoms with E-state index in [1.54, 1.807) is 29.6 Å². The quantitative estimate of drug-likeness (QED) is 0.593. The van der Waals surface area contributed by atoms with Gasteiger partial charge >= 0.3 is 0 Å². The van der Waals surface area contributed by atoms with Gasteiger partial charge in [-0.2, -0.15) is 5.10 Å². The molecule has 0 saturated heterocycles. The van der Waals surface area contributed by atoms with Crippen molar-refractivity contribution in [3.8, 4) is 22.8 Å². The number of amides is 1. The molecule has 1 aliphatic rings. The molecule has 4 aromatic heterocycles. The minimum absolute atomic E-state index is 0.119. The van der Waals surface area contributed by atoms with E-state index in [1.807, 2.05) is 30.3 Å². The Bertz CT molecular complexity index is 1120. The van der Waals surface area contributed by atoms with Crippen molar-refractivity contribution in [2.45, 2.75) is 13.0 Å². The number of nitrogens with zero attached hydrogens (tertiary/aromatic N) is 5. The lowest BCUT2D eigenvalue weighted by Crippen LogP contribution is -2.36. The summed E-state index contributed by atoms with van der Waals surface area (Å²) in [6.07, 6.45) is 5.73. The molecule has 4 aromatic rings. The van der Waals surface area contributed by atoms with Crippen LogP contribution in [0.4, 0.5) is 0 Å². The molecular weight excluding hydrogens is 356 g/mol. The molecule has 0 bridgehead atoms. The summed E-state index contributed by atoms with van der Waals surface area (Å²) in [5, 5.41) is 7.04. The van der Waals surface area contributed by atoms with Gasteiger partial charge in [0.25, 0.3) is 5.91 Å². The molecular formula is C20H16N6O2. The molecule has 28 heavy (non-hydrogen) atoms. The number of carbonyl (C=O) groups excluding carboxylic acids is 1. The van der Waals surface area contributed by atoms with E-state index in [0.29, 0.717) is 36.8 Å². The molecule has 0 fully saturated rings. The van der Waals surface area contributed by atoms with E-state index in [1.165, 1.54) is 0 Å². The fraction of sp³-hybridized carbons (Fsp3) is 0.150. The number of hydrogen-bond acceptors (Lipinski definition) is 6. The highest BCUT2D eigenvalue weighted by Gasteiger charge is 2.27. The molecule has 1 aliphatic heterocycles. The molecule has 0 aliphatic carbocycles. The largest absolute Gasteiger partial charge is 0.441 e. The number of fused-ring (bicyclic) bond motifs is 1. The first-order valence-corrected chi connectivity index (χ1v) is 8.93. The average Bonchev–Trinajstić information content (AvgIpc) is 3.41. The zero-order chi connectivity index (χ0) is 18.9. The van der Waals surface area contributed by atoms with Crippen LogP contribution < -0.4 is 0 Å². The van der Waals surface area contributed by atoms with Crippen molar-refractivity contribution >= 4 is 5.91 Å². The number of oxazole rings is 1. The van der Waals surface area contributed by atoms with Crippen LogP contribution in [-0.2, 0) is 13.0 Å². The fourth-order valence-electron chi connectivity index (χ4n) is 3.23. The Morgan fingerprint density at radius 3 is 2.93 bits per heavy atom. The van der Waals surface area contributed by atoms with Crippen LogP contribution in [0, 0.1) is 0 Å². The summed E-state index contributed by atoms with van der Waals surface area (Å²) in [5.74, 6) is 1.24. The van der Waals surface area contributed by atoms with E-state index in [-0.39, 0.29) is 5.91 Å². The standard InChI is InChI=1S/C20H16N6O2/c27-20(16-10-15(24-25-16)14-5-1-2-8-22-14)26-9-6-18-17(12-26)23-19(28-18)13-4-3-7-21-11-13/h1-5,7-8,10-11H,6,9,12H2,(H,24,25). The van der Waals surface area contributed by atoms with Gasteiger partial charge in [-0.3, -0.25) is 19.9 Å². The van der Waals surface area contributed by atoms with Gasteiger partial charge in [0.2, 0.25) is 5.89 Å². The van der Waals surface area contributed by atoms with Crippen molar-refractivity contribution in [1.29, 1.82) is 0 Å². The maximum atomic E-state index is 12.9. The lowest BCUT2D eigenvalue weighted by Gasteiger charge is -2.24. The topological polar surface area (TPSA) is 101 Å². The van der Waals surface area contributed by atoms with Gasteiger partial charge in [-0.1, -0.05) is 6.07 Å². The Morgan fingerprint density at radius 2 is 2.11 bits per heavy atom. The van der Waals surface area contributed by atoms with Gasteiger partial charge in [0.1, 0.15) is 22.8 Å². The number of aromatic amines is 1. The first-order chi connectivity index (χ1) is 13.8. The van der Waals surface area contributed by atoms with Gasteiger partial charge in [-0.05, 0) is 30.3 Å². The minimum Gasteiger partial charge on any atom is -0.441 e. The number of hydrogen-bond donors (Lipinski definition) is 1. The fourth-order valence-corrected chi connectivity index (χ4v) is 3.23. The SMILES string of the molecule is O=C(c1cc(-c2ccccn2)n[nH]1)N1CCc2oc(-c3cccnc3)nc2C1. The lowest BCUT2D eigenvalue weighted by molar-refractivity contribution is 0.0722. The number of nitrogens with one attached hydrogen (secondary N) is 1. The number of rotatable bonds is 3. The predicted molar refractivity (Wildman–Crippen MR) is 100.0 cm³/mol. The van der Waals surface area contributed by atoms with Crippen LogP contribution in [-0.4, -0.2) is 42.5 Å². The van der Waals surface area contributed by atoms with Crippen LogP contribution in [0.2, 0.25) is 0 Å². The molecule has 5 heterocycles. The highest BCUT2D eigenvalue weighted by atomic mass is 16.4. The van der Waals surface area contributed by atoms with E-state index in [2.05, 4.69) is 25.1 Å². The molecule has 0 saturated carbocycles. The minimum atomic E-state index is -0.119. The van der Waals surface area contributed by atoms with E-state index >= 15 is 0 Å². The maximum absolute atomic E-state index is 12.9. The van der Waals surface area contributed by atoms with Crippen molar-refractivity contribution in [3.63, 3.8) is 0 Å². The van der Waals surface area contributed by atoms with Crippen LogP contribution in [0.25, 0.3) is 22.8 Å². The summed E-state index contributed by atoms with van der Waals surface area (Å²) >= 11 is 0. The summed E-state index contributed by atoms with van der Waals surface area (Å²) in [6, 6.07) is 11.0. The molecule has 1 amide bonds. The van der Waals surface area contributed by atoms with Crippen molar-refractivity contribution < 1.29 is 9.21 Å². The van der Waals surface area contributed by atoms with E-state index in [0.717, 1.165) is 22.7 Å². The molecule has 1 N–H and O–H groups in total.